The lowest BCUT2D eigenvalue weighted by Crippen LogP contribution is -1.94. The third-order valence-corrected chi connectivity index (χ3v) is 10.1. The molecule has 10 aromatic rings. The van der Waals surface area contributed by atoms with E-state index in [9.17, 15) is 0 Å². The van der Waals surface area contributed by atoms with Crippen molar-refractivity contribution < 1.29 is 0 Å². The van der Waals surface area contributed by atoms with Crippen LogP contribution in [-0.4, -0.2) is 15.0 Å². The smallest absolute Gasteiger partial charge is 0.0780 e. The number of hydrogen-bond acceptors (Lipinski definition) is 3. The second-order valence-corrected chi connectivity index (χ2v) is 13.3. The second-order valence-electron chi connectivity index (χ2n) is 13.3. The van der Waals surface area contributed by atoms with E-state index in [4.69, 9.17) is 15.0 Å². The highest BCUT2D eigenvalue weighted by Gasteiger charge is 2.15. The summed E-state index contributed by atoms with van der Waals surface area (Å²) in [6.45, 7) is 0. The van der Waals surface area contributed by atoms with Gasteiger partial charge >= 0.3 is 0 Å². The zero-order valence-electron chi connectivity index (χ0n) is 28.2. The van der Waals surface area contributed by atoms with Gasteiger partial charge in [0.15, 0.2) is 0 Å². The van der Waals surface area contributed by atoms with E-state index >= 15 is 0 Å². The Bertz CT molecular complexity index is 2880. The quantitative estimate of drug-likeness (QED) is 0.184. The number of rotatable bonds is 5. The fraction of sp³-hybridized carbons (Fsp3) is 0. The SMILES string of the molecule is c1ccc2cc(-c3cc(-c4cc(-c5cc6ccccc6cn5)cc(-c5nccc6ccccc56)c4)cc(-c4ccc5ccccc5c4)n3)ccc2c1. The zero-order chi connectivity index (χ0) is 34.4. The molecule has 52 heavy (non-hydrogen) atoms. The minimum Gasteiger partial charge on any atom is -0.256 e. The first kappa shape index (κ1) is 29.9. The number of fused-ring (bicyclic) bond motifs is 4. The molecule has 0 aliphatic rings. The van der Waals surface area contributed by atoms with E-state index in [0.29, 0.717) is 0 Å². The maximum absolute atomic E-state index is 5.32. The zero-order valence-corrected chi connectivity index (χ0v) is 28.2. The van der Waals surface area contributed by atoms with Crippen LogP contribution >= 0.6 is 0 Å². The highest BCUT2D eigenvalue weighted by molar-refractivity contribution is 5.97. The first-order chi connectivity index (χ1) is 25.7. The van der Waals surface area contributed by atoms with Gasteiger partial charge in [-0.3, -0.25) is 9.97 Å². The Balaban J connectivity index is 1.22. The summed E-state index contributed by atoms with van der Waals surface area (Å²) in [6, 6.07) is 62.5. The van der Waals surface area contributed by atoms with Gasteiger partial charge in [-0.05, 0) is 98.0 Å². The third kappa shape index (κ3) is 5.46. The van der Waals surface area contributed by atoms with Crippen LogP contribution in [0.3, 0.4) is 0 Å². The molecule has 3 heteroatoms. The lowest BCUT2D eigenvalue weighted by atomic mass is 9.93. The van der Waals surface area contributed by atoms with Gasteiger partial charge in [-0.15, -0.1) is 0 Å². The van der Waals surface area contributed by atoms with Crippen LogP contribution in [0.1, 0.15) is 0 Å². The van der Waals surface area contributed by atoms with E-state index in [-0.39, 0.29) is 0 Å². The predicted octanol–water partition coefficient (Wildman–Crippen LogP) is 12.8. The molecule has 0 aliphatic carbocycles. The van der Waals surface area contributed by atoms with E-state index in [1.54, 1.807) is 0 Å². The summed E-state index contributed by atoms with van der Waals surface area (Å²) in [5.41, 5.74) is 10.1. The largest absolute Gasteiger partial charge is 0.256 e. The molecule has 0 spiro atoms. The van der Waals surface area contributed by atoms with Gasteiger partial charge in [-0.2, -0.15) is 0 Å². The Morgan fingerprint density at radius 1 is 0.288 bits per heavy atom. The molecule has 3 aromatic heterocycles. The minimum absolute atomic E-state index is 0.917. The van der Waals surface area contributed by atoms with E-state index < -0.39 is 0 Å². The fourth-order valence-electron chi connectivity index (χ4n) is 7.36. The van der Waals surface area contributed by atoms with Crippen molar-refractivity contribution in [3.8, 4) is 56.2 Å². The van der Waals surface area contributed by atoms with E-state index in [0.717, 1.165) is 77.7 Å². The average molecular weight is 662 g/mol. The number of nitrogens with zero attached hydrogens (tertiary/aromatic N) is 3. The van der Waals surface area contributed by atoms with Crippen molar-refractivity contribution in [2.75, 3.05) is 0 Å². The number of hydrogen-bond donors (Lipinski definition) is 0. The summed E-state index contributed by atoms with van der Waals surface area (Å²) in [7, 11) is 0. The Morgan fingerprint density at radius 2 is 0.808 bits per heavy atom. The predicted molar refractivity (Wildman–Crippen MR) is 217 cm³/mol. The molecule has 0 unspecified atom stereocenters. The molecule has 0 saturated heterocycles. The van der Waals surface area contributed by atoms with Crippen molar-refractivity contribution in [2.45, 2.75) is 0 Å². The van der Waals surface area contributed by atoms with Crippen LogP contribution in [0.5, 0.6) is 0 Å². The number of pyridine rings is 3. The van der Waals surface area contributed by atoms with E-state index in [1.807, 2.05) is 12.4 Å². The Kier molecular flexibility index (Phi) is 7.14. The van der Waals surface area contributed by atoms with E-state index in [1.165, 1.54) is 21.5 Å². The fourth-order valence-corrected chi connectivity index (χ4v) is 7.36. The van der Waals surface area contributed by atoms with Crippen molar-refractivity contribution >= 4 is 43.1 Å². The molecule has 0 radical (unpaired) electrons. The van der Waals surface area contributed by atoms with Crippen molar-refractivity contribution in [1.29, 1.82) is 0 Å². The molecule has 0 N–H and O–H groups in total. The summed E-state index contributed by atoms with van der Waals surface area (Å²) in [4.78, 5) is 15.2. The van der Waals surface area contributed by atoms with Gasteiger partial charge in [0.2, 0.25) is 0 Å². The topological polar surface area (TPSA) is 38.7 Å². The first-order valence-electron chi connectivity index (χ1n) is 17.6. The summed E-state index contributed by atoms with van der Waals surface area (Å²) < 4.78 is 0. The third-order valence-electron chi connectivity index (χ3n) is 10.1. The van der Waals surface area contributed by atoms with Crippen molar-refractivity contribution in [1.82, 2.24) is 15.0 Å². The standard InChI is InChI=1S/C49H31N3/c1-3-12-35-23-38(19-17-32(35)9-1)47-29-42(30-48(52-47)39-20-18-33-10-2-4-13-36(33)24-39)41-25-43(46-28-37-14-5-6-15-40(37)31-51-46)27-44(26-41)49-45-16-8-7-11-34(45)21-22-50-49/h1-31H. The molecule has 0 aliphatic heterocycles. The van der Waals surface area contributed by atoms with Crippen molar-refractivity contribution in [2.24, 2.45) is 0 Å². The van der Waals surface area contributed by atoms with Gasteiger partial charge < -0.3 is 0 Å². The molecule has 0 bridgehead atoms. The first-order valence-corrected chi connectivity index (χ1v) is 17.6. The van der Waals surface area contributed by atoms with Gasteiger partial charge in [-0.1, -0.05) is 121 Å². The maximum atomic E-state index is 5.32. The number of aromatic nitrogens is 3. The van der Waals surface area contributed by atoms with Crippen LogP contribution in [0.15, 0.2) is 188 Å². The highest BCUT2D eigenvalue weighted by atomic mass is 14.7. The molecule has 0 atom stereocenters. The molecular weight excluding hydrogens is 631 g/mol. The molecule has 7 aromatic carbocycles. The molecule has 242 valence electrons. The van der Waals surface area contributed by atoms with Gasteiger partial charge in [0.1, 0.15) is 0 Å². The van der Waals surface area contributed by atoms with Gasteiger partial charge in [0, 0.05) is 45.4 Å². The molecule has 0 fully saturated rings. The molecule has 0 saturated carbocycles. The lowest BCUT2D eigenvalue weighted by Gasteiger charge is -2.15. The number of benzene rings is 7. The van der Waals surface area contributed by atoms with Crippen LogP contribution in [0.4, 0.5) is 0 Å². The average Bonchev–Trinajstić information content (AvgIpc) is 3.22. The van der Waals surface area contributed by atoms with Crippen molar-refractivity contribution in [3.05, 3.63) is 188 Å². The normalized spacial score (nSPS) is 11.5. The van der Waals surface area contributed by atoms with Gasteiger partial charge in [0.25, 0.3) is 0 Å². The minimum atomic E-state index is 0.917. The Morgan fingerprint density at radius 3 is 1.48 bits per heavy atom. The molecule has 3 heterocycles. The van der Waals surface area contributed by atoms with Crippen LogP contribution in [0.2, 0.25) is 0 Å². The Labute approximate surface area is 301 Å². The lowest BCUT2D eigenvalue weighted by molar-refractivity contribution is 1.32. The monoisotopic (exact) mass is 661 g/mol. The van der Waals surface area contributed by atoms with Gasteiger partial charge in [0.05, 0.1) is 22.8 Å². The maximum Gasteiger partial charge on any atom is 0.0780 e. The van der Waals surface area contributed by atoms with Crippen LogP contribution in [0, 0.1) is 0 Å². The second kappa shape index (κ2) is 12.4. The van der Waals surface area contributed by atoms with Crippen LogP contribution < -0.4 is 0 Å². The molecular formula is C49H31N3. The summed E-state index contributed by atoms with van der Waals surface area (Å²) in [5, 5.41) is 9.34. The molecule has 0 amide bonds. The summed E-state index contributed by atoms with van der Waals surface area (Å²) in [5.74, 6) is 0. The highest BCUT2D eigenvalue weighted by Crippen LogP contribution is 2.38. The molecule has 10 rings (SSSR count). The summed E-state index contributed by atoms with van der Waals surface area (Å²) in [6.07, 6.45) is 3.87. The molecule has 3 nitrogen and oxygen atoms in total. The van der Waals surface area contributed by atoms with Crippen LogP contribution in [0.25, 0.3) is 99.2 Å². The van der Waals surface area contributed by atoms with Crippen molar-refractivity contribution in [3.63, 3.8) is 0 Å². The van der Waals surface area contributed by atoms with Gasteiger partial charge in [-0.25, -0.2) is 4.98 Å². The summed E-state index contributed by atoms with van der Waals surface area (Å²) >= 11 is 0. The Hall–Kier alpha value is -6.97. The van der Waals surface area contributed by atoms with E-state index in [2.05, 4.69) is 176 Å². The van der Waals surface area contributed by atoms with Crippen LogP contribution in [-0.2, 0) is 0 Å².